The minimum Gasteiger partial charge on any atom is -0.481 e. The number of hydrogen-bond donors (Lipinski definition) is 1. The summed E-state index contributed by atoms with van der Waals surface area (Å²) in [5.41, 5.74) is -0.318. The molecule has 0 aromatic heterocycles. The van der Waals surface area contributed by atoms with Gasteiger partial charge in [0.2, 0.25) is 0 Å². The number of carboxylic acids is 1. The first-order chi connectivity index (χ1) is 7.76. The van der Waals surface area contributed by atoms with E-state index in [2.05, 4.69) is 9.64 Å². The van der Waals surface area contributed by atoms with Gasteiger partial charge >= 0.3 is 5.97 Å². The Morgan fingerprint density at radius 3 is 2.29 bits per heavy atom. The first kappa shape index (κ1) is 15.9. The number of carbonyl (C=O) groups excluding carboxylic acids is 1. The topological polar surface area (TPSA) is 66.8 Å². The van der Waals surface area contributed by atoms with Crippen molar-refractivity contribution in [1.82, 2.24) is 4.90 Å². The minimum absolute atomic E-state index is 0.126. The summed E-state index contributed by atoms with van der Waals surface area (Å²) in [7, 11) is 1.97. The highest BCUT2D eigenvalue weighted by molar-refractivity contribution is 5.70. The Labute approximate surface area is 103 Å². The van der Waals surface area contributed by atoms with Gasteiger partial charge in [-0.05, 0) is 47.2 Å². The van der Waals surface area contributed by atoms with Crippen LogP contribution in [0.3, 0.4) is 0 Å². The van der Waals surface area contributed by atoms with E-state index in [4.69, 9.17) is 5.11 Å². The van der Waals surface area contributed by atoms with Crippen LogP contribution in [0.2, 0.25) is 0 Å². The van der Waals surface area contributed by atoms with Crippen molar-refractivity contribution in [3.8, 4) is 0 Å². The van der Waals surface area contributed by atoms with Crippen LogP contribution in [0.25, 0.3) is 0 Å². The summed E-state index contributed by atoms with van der Waals surface area (Å²) in [4.78, 5) is 22.1. The van der Waals surface area contributed by atoms with Crippen LogP contribution in [0.15, 0.2) is 0 Å². The third-order valence-electron chi connectivity index (χ3n) is 2.38. The molecule has 5 nitrogen and oxygen atoms in total. The summed E-state index contributed by atoms with van der Waals surface area (Å²) in [6.45, 7) is 7.68. The predicted molar refractivity (Wildman–Crippen MR) is 64.8 cm³/mol. The summed E-state index contributed by atoms with van der Waals surface area (Å²) in [5.74, 6) is -0.773. The molecule has 1 saturated heterocycles. The van der Waals surface area contributed by atoms with Gasteiger partial charge in [0.15, 0.2) is 0 Å². The zero-order chi connectivity index (χ0) is 13.5. The quantitative estimate of drug-likeness (QED) is 0.744. The molecule has 1 fully saturated rings. The van der Waals surface area contributed by atoms with Gasteiger partial charge in [-0.25, -0.2) is 0 Å². The fraction of sp³-hybridized carbons (Fsp3) is 0.833. The molecule has 1 unspecified atom stereocenters. The van der Waals surface area contributed by atoms with Crippen LogP contribution >= 0.6 is 0 Å². The molecule has 100 valence electrons. The zero-order valence-electron chi connectivity index (χ0n) is 11.1. The Morgan fingerprint density at radius 2 is 2.06 bits per heavy atom. The van der Waals surface area contributed by atoms with Crippen LogP contribution < -0.4 is 0 Å². The normalized spacial score (nSPS) is 21.1. The van der Waals surface area contributed by atoms with E-state index < -0.39 is 5.97 Å². The lowest BCUT2D eigenvalue weighted by molar-refractivity contribution is -0.143. The van der Waals surface area contributed by atoms with Gasteiger partial charge in [0.05, 0.1) is 5.92 Å². The van der Waals surface area contributed by atoms with Gasteiger partial charge in [-0.15, -0.1) is 0 Å². The molecule has 0 aromatic carbocycles. The van der Waals surface area contributed by atoms with Gasteiger partial charge in [0.1, 0.15) is 5.60 Å². The second kappa shape index (κ2) is 7.27. The lowest BCUT2D eigenvalue weighted by Crippen LogP contribution is -2.35. The number of rotatable bonds is 2. The number of likely N-dealkylation sites (tertiary alicyclic amines) is 1. The number of carbonyl (C=O) groups is 2. The number of ether oxygens (including phenoxy) is 1. The molecule has 1 rings (SSSR count). The molecule has 17 heavy (non-hydrogen) atoms. The maximum atomic E-state index is 10.5. The van der Waals surface area contributed by atoms with Crippen molar-refractivity contribution in [2.45, 2.75) is 39.2 Å². The predicted octanol–water partition coefficient (Wildman–Crippen LogP) is 1.37. The number of carboxylic acid groups (broad SMARTS) is 1. The summed E-state index contributed by atoms with van der Waals surface area (Å²) in [5, 5.41) is 8.63. The highest BCUT2D eigenvalue weighted by atomic mass is 16.5. The van der Waals surface area contributed by atoms with Crippen molar-refractivity contribution < 1.29 is 19.4 Å². The average molecular weight is 245 g/mol. The van der Waals surface area contributed by atoms with Crippen LogP contribution in [0.5, 0.6) is 0 Å². The van der Waals surface area contributed by atoms with Crippen molar-refractivity contribution in [2.75, 3.05) is 20.1 Å². The molecule has 0 amide bonds. The molecule has 0 aromatic rings. The van der Waals surface area contributed by atoms with E-state index in [1.165, 1.54) is 0 Å². The maximum Gasteiger partial charge on any atom is 0.307 e. The molecule has 1 aliphatic rings. The Hall–Kier alpha value is -1.10. The van der Waals surface area contributed by atoms with E-state index >= 15 is 0 Å². The molecule has 0 bridgehead atoms. The number of piperidine rings is 1. The first-order valence-electron chi connectivity index (χ1n) is 5.79. The van der Waals surface area contributed by atoms with Crippen molar-refractivity contribution in [3.05, 3.63) is 0 Å². The molecule has 1 N–H and O–H groups in total. The van der Waals surface area contributed by atoms with Gasteiger partial charge in [-0.3, -0.25) is 9.59 Å². The van der Waals surface area contributed by atoms with E-state index in [-0.39, 0.29) is 11.5 Å². The second-order valence-corrected chi connectivity index (χ2v) is 5.27. The van der Waals surface area contributed by atoms with Crippen molar-refractivity contribution in [1.29, 1.82) is 0 Å². The third kappa shape index (κ3) is 8.68. The highest BCUT2D eigenvalue weighted by Gasteiger charge is 2.22. The fourth-order valence-corrected chi connectivity index (χ4v) is 1.51. The molecule has 1 heterocycles. The molecule has 1 atom stereocenters. The van der Waals surface area contributed by atoms with Crippen LogP contribution in [0.1, 0.15) is 33.6 Å². The van der Waals surface area contributed by atoms with Gasteiger partial charge in [0.25, 0.3) is 6.47 Å². The summed E-state index contributed by atoms with van der Waals surface area (Å²) >= 11 is 0. The van der Waals surface area contributed by atoms with Crippen molar-refractivity contribution in [3.63, 3.8) is 0 Å². The highest BCUT2D eigenvalue weighted by Crippen LogP contribution is 2.14. The van der Waals surface area contributed by atoms with Gasteiger partial charge in [0, 0.05) is 6.54 Å². The monoisotopic (exact) mass is 245 g/mol. The molecule has 0 saturated carbocycles. The van der Waals surface area contributed by atoms with Crippen molar-refractivity contribution >= 4 is 12.4 Å². The Morgan fingerprint density at radius 1 is 1.47 bits per heavy atom. The number of hydrogen-bond acceptors (Lipinski definition) is 4. The Kier molecular flexibility index (Phi) is 6.80. The molecule has 0 spiro atoms. The van der Waals surface area contributed by atoms with E-state index in [1.54, 1.807) is 0 Å². The molecule has 1 aliphatic heterocycles. The Bertz CT molecular complexity index is 247. The molecular formula is C12H23NO4. The van der Waals surface area contributed by atoms with Gasteiger partial charge in [-0.2, -0.15) is 0 Å². The van der Waals surface area contributed by atoms with Gasteiger partial charge < -0.3 is 14.7 Å². The SMILES string of the molecule is CC(C)(C)OC=O.CN1CCCC(C(=O)O)C1. The van der Waals surface area contributed by atoms with Gasteiger partial charge in [-0.1, -0.05) is 0 Å². The minimum atomic E-state index is -0.647. The smallest absolute Gasteiger partial charge is 0.307 e. The fourth-order valence-electron chi connectivity index (χ4n) is 1.51. The second-order valence-electron chi connectivity index (χ2n) is 5.27. The Balaban J connectivity index is 0.000000325. The van der Waals surface area contributed by atoms with Crippen molar-refractivity contribution in [2.24, 2.45) is 5.92 Å². The van der Waals surface area contributed by atoms with Crippen LogP contribution in [-0.2, 0) is 14.3 Å². The first-order valence-corrected chi connectivity index (χ1v) is 5.79. The summed E-state index contributed by atoms with van der Waals surface area (Å²) < 4.78 is 4.55. The lowest BCUT2D eigenvalue weighted by atomic mass is 9.99. The maximum absolute atomic E-state index is 10.5. The lowest BCUT2D eigenvalue weighted by Gasteiger charge is -2.26. The molecule has 0 aliphatic carbocycles. The van der Waals surface area contributed by atoms with E-state index in [0.29, 0.717) is 6.47 Å². The summed E-state index contributed by atoms with van der Waals surface area (Å²) in [6, 6.07) is 0. The average Bonchev–Trinajstić information content (AvgIpc) is 2.16. The van der Waals surface area contributed by atoms with Crippen LogP contribution in [0.4, 0.5) is 0 Å². The number of aliphatic carboxylic acids is 1. The van der Waals surface area contributed by atoms with E-state index in [1.807, 2.05) is 27.8 Å². The summed E-state index contributed by atoms with van der Waals surface area (Å²) in [6.07, 6.45) is 1.87. The largest absolute Gasteiger partial charge is 0.481 e. The number of nitrogens with zero attached hydrogens (tertiary/aromatic N) is 1. The van der Waals surface area contributed by atoms with E-state index in [0.717, 1.165) is 25.9 Å². The molecular weight excluding hydrogens is 222 g/mol. The molecule has 0 radical (unpaired) electrons. The third-order valence-corrected chi connectivity index (χ3v) is 2.38. The zero-order valence-corrected chi connectivity index (χ0v) is 11.1. The van der Waals surface area contributed by atoms with Crippen LogP contribution in [0, 0.1) is 5.92 Å². The van der Waals surface area contributed by atoms with Crippen LogP contribution in [-0.4, -0.2) is 48.2 Å². The standard InChI is InChI=1S/C7H13NO2.C5H10O2/c1-8-4-2-3-6(5-8)7(9)10;1-5(2,3)7-4-6/h6H,2-5H2,1H3,(H,9,10);4H,1-3H3. The molecule has 5 heteroatoms. The van der Waals surface area contributed by atoms with E-state index in [9.17, 15) is 9.59 Å².